The van der Waals surface area contributed by atoms with Crippen LogP contribution in [0.3, 0.4) is 0 Å². The van der Waals surface area contributed by atoms with Crippen molar-refractivity contribution in [1.29, 1.82) is 0 Å². The van der Waals surface area contributed by atoms with Crippen molar-refractivity contribution in [2.24, 2.45) is 64.1 Å². The second-order valence-electron chi connectivity index (χ2n) is 15.8. The van der Waals surface area contributed by atoms with Crippen LogP contribution in [-0.2, 0) is 4.43 Å². The van der Waals surface area contributed by atoms with E-state index >= 15 is 0 Å². The van der Waals surface area contributed by atoms with E-state index in [1.807, 2.05) is 0 Å². The van der Waals surface area contributed by atoms with Gasteiger partial charge in [0.05, 0.1) is 0 Å². The molecular weight excluding hydrogens is 440 g/mol. The first kappa shape index (κ1) is 27.9. The minimum absolute atomic E-state index is 0.519. The summed E-state index contributed by atoms with van der Waals surface area (Å²) in [5.41, 5.74) is 2.74. The van der Waals surface area contributed by atoms with Gasteiger partial charge in [-0.15, -0.1) is 0 Å². The van der Waals surface area contributed by atoms with Crippen molar-refractivity contribution in [3.05, 3.63) is 11.6 Å². The van der Waals surface area contributed by atoms with Gasteiger partial charge in [0, 0.05) is 6.10 Å². The lowest BCUT2D eigenvalue weighted by molar-refractivity contribution is -0.145. The number of allylic oxidation sites excluding steroid dienone is 2. The first-order valence-corrected chi connectivity index (χ1v) is 19.0. The second kappa shape index (κ2) is 9.90. The summed E-state index contributed by atoms with van der Waals surface area (Å²) in [5, 5.41) is 0. The van der Waals surface area contributed by atoms with E-state index in [1.54, 1.807) is 5.57 Å². The summed E-state index contributed by atoms with van der Waals surface area (Å²) >= 11 is 0. The number of fused-ring (bicyclic) bond motifs is 5. The van der Waals surface area contributed by atoms with E-state index in [9.17, 15) is 0 Å². The zero-order valence-electron chi connectivity index (χ0n) is 25.4. The Balaban J connectivity index is 1.50. The van der Waals surface area contributed by atoms with Crippen LogP contribution in [0.4, 0.5) is 0 Å². The summed E-state index contributed by atoms with van der Waals surface area (Å²) in [4.78, 5) is 0. The monoisotopic (exact) mass is 500 g/mol. The predicted octanol–water partition coefficient (Wildman–Crippen LogP) is 9.99. The molecule has 0 bridgehead atoms. The van der Waals surface area contributed by atoms with Gasteiger partial charge in [-0.05, 0) is 142 Å². The lowest BCUT2D eigenvalue weighted by Crippen LogP contribution is -2.57. The Morgan fingerprint density at radius 2 is 1.43 bits per heavy atom. The van der Waals surface area contributed by atoms with Gasteiger partial charge < -0.3 is 4.43 Å². The van der Waals surface area contributed by atoms with E-state index in [0.717, 1.165) is 47.3 Å². The molecule has 202 valence electrons. The van der Waals surface area contributed by atoms with Gasteiger partial charge in [0.2, 0.25) is 0 Å². The fraction of sp³-hybridized carbons (Fsp3) is 0.939. The van der Waals surface area contributed by atoms with Crippen LogP contribution in [-0.4, -0.2) is 14.4 Å². The van der Waals surface area contributed by atoms with Crippen molar-refractivity contribution in [2.75, 3.05) is 0 Å². The maximum absolute atomic E-state index is 6.74. The third-order valence-electron chi connectivity index (χ3n) is 12.6. The summed E-state index contributed by atoms with van der Waals surface area (Å²) < 4.78 is 6.74. The van der Waals surface area contributed by atoms with Gasteiger partial charge in [-0.3, -0.25) is 0 Å². The Labute approximate surface area is 220 Å². The third kappa shape index (κ3) is 5.03. The Kier molecular flexibility index (Phi) is 7.91. The highest BCUT2D eigenvalue weighted by atomic mass is 28.4. The van der Waals surface area contributed by atoms with E-state index in [1.165, 1.54) is 51.4 Å². The lowest BCUT2D eigenvalue weighted by Gasteiger charge is -2.63. The molecule has 0 aromatic carbocycles. The van der Waals surface area contributed by atoms with Gasteiger partial charge >= 0.3 is 0 Å². The predicted molar refractivity (Wildman–Crippen MR) is 155 cm³/mol. The van der Waals surface area contributed by atoms with Crippen LogP contribution in [0.2, 0.25) is 19.6 Å². The molecule has 4 fully saturated rings. The smallest absolute Gasteiger partial charge is 0.184 e. The zero-order valence-corrected chi connectivity index (χ0v) is 26.4. The Bertz CT molecular complexity index is 778. The Morgan fingerprint density at radius 1 is 0.829 bits per heavy atom. The summed E-state index contributed by atoms with van der Waals surface area (Å²) in [7, 11) is -1.48. The second-order valence-corrected chi connectivity index (χ2v) is 20.2. The summed E-state index contributed by atoms with van der Waals surface area (Å²) in [6, 6.07) is 0. The molecule has 0 aromatic heterocycles. The standard InChI is InChI=1S/C33H60OSi/c1-21(2)24(5)22(3)20-23(4)27-14-15-29-26-12-13-28-25(6)31(34-35(9,10)11)17-19-33(28,8)30(26)16-18-32(27,29)7/h20-21,23-31H,12-19H2,1-11H3/b22-20+/t23-,24?,25+,26+,27-,28+,29+,30+,31+,32-,33+/m1/s1. The van der Waals surface area contributed by atoms with Crippen LogP contribution in [0.25, 0.3) is 0 Å². The molecule has 0 spiro atoms. The molecule has 4 aliphatic carbocycles. The molecule has 4 rings (SSSR count). The highest BCUT2D eigenvalue weighted by Crippen LogP contribution is 2.69. The molecule has 0 aromatic rings. The molecule has 0 aliphatic heterocycles. The summed E-state index contributed by atoms with van der Waals surface area (Å²) in [6.45, 7) is 27.3. The lowest BCUT2D eigenvalue weighted by atomic mass is 9.43. The van der Waals surface area contributed by atoms with Gasteiger partial charge in [0.25, 0.3) is 0 Å². The molecule has 0 amide bonds. The molecule has 35 heavy (non-hydrogen) atoms. The highest BCUT2D eigenvalue weighted by Gasteiger charge is 2.61. The zero-order chi connectivity index (χ0) is 25.9. The number of hydrogen-bond acceptors (Lipinski definition) is 1. The molecule has 0 N–H and O–H groups in total. The van der Waals surface area contributed by atoms with Crippen LogP contribution < -0.4 is 0 Å². The van der Waals surface area contributed by atoms with E-state index < -0.39 is 8.32 Å². The number of hydrogen-bond donors (Lipinski definition) is 0. The Hall–Kier alpha value is -0.0831. The van der Waals surface area contributed by atoms with Crippen molar-refractivity contribution < 1.29 is 4.43 Å². The van der Waals surface area contributed by atoms with Crippen molar-refractivity contribution in [3.8, 4) is 0 Å². The first-order chi connectivity index (χ1) is 16.2. The van der Waals surface area contributed by atoms with E-state index in [-0.39, 0.29) is 0 Å². The maximum atomic E-state index is 6.74. The van der Waals surface area contributed by atoms with Crippen LogP contribution in [0.5, 0.6) is 0 Å². The third-order valence-corrected chi connectivity index (χ3v) is 13.6. The van der Waals surface area contributed by atoms with Gasteiger partial charge in [-0.2, -0.15) is 0 Å². The molecule has 2 heteroatoms. The van der Waals surface area contributed by atoms with Crippen LogP contribution in [0.15, 0.2) is 11.6 Å². The quantitative estimate of drug-likeness (QED) is 0.260. The molecule has 4 aliphatic rings. The van der Waals surface area contributed by atoms with Crippen molar-refractivity contribution in [2.45, 2.75) is 133 Å². The molecular formula is C33H60OSi. The number of rotatable bonds is 6. The maximum Gasteiger partial charge on any atom is 0.184 e. The minimum atomic E-state index is -1.48. The molecule has 4 saturated carbocycles. The molecule has 11 atom stereocenters. The highest BCUT2D eigenvalue weighted by molar-refractivity contribution is 6.69. The van der Waals surface area contributed by atoms with Crippen molar-refractivity contribution in [1.82, 2.24) is 0 Å². The average molecular weight is 501 g/mol. The topological polar surface area (TPSA) is 9.23 Å². The van der Waals surface area contributed by atoms with E-state index in [0.29, 0.717) is 22.9 Å². The Morgan fingerprint density at radius 3 is 2.06 bits per heavy atom. The SMILES string of the molecule is C/C(=C\[C@@H](C)[C@H]1CC[C@H]2[C@@H]3CC[C@H]4[C@H](C)[C@@H](O[Si](C)(C)C)CC[C@]4(C)[C@H]3CC[C@]12C)C(C)C(C)C. The van der Waals surface area contributed by atoms with Crippen LogP contribution in [0, 0.1) is 64.1 Å². The van der Waals surface area contributed by atoms with Gasteiger partial charge in [0.15, 0.2) is 8.32 Å². The summed E-state index contributed by atoms with van der Waals surface area (Å²) in [5.74, 6) is 7.58. The normalized spacial score (nSPS) is 46.1. The average Bonchev–Trinajstić information content (AvgIpc) is 3.11. The molecule has 0 radical (unpaired) electrons. The largest absolute Gasteiger partial charge is 0.414 e. The van der Waals surface area contributed by atoms with Crippen LogP contribution in [0.1, 0.15) is 107 Å². The van der Waals surface area contributed by atoms with Crippen molar-refractivity contribution in [3.63, 3.8) is 0 Å². The van der Waals surface area contributed by atoms with E-state index in [2.05, 4.69) is 81.1 Å². The van der Waals surface area contributed by atoms with Gasteiger partial charge in [-0.25, -0.2) is 0 Å². The summed E-state index contributed by atoms with van der Waals surface area (Å²) in [6.07, 6.45) is 14.8. The fourth-order valence-corrected chi connectivity index (χ4v) is 11.7. The fourth-order valence-electron chi connectivity index (χ4n) is 10.4. The van der Waals surface area contributed by atoms with Gasteiger partial charge in [-0.1, -0.05) is 60.1 Å². The first-order valence-electron chi connectivity index (χ1n) is 15.5. The van der Waals surface area contributed by atoms with Crippen LogP contribution >= 0.6 is 0 Å². The van der Waals surface area contributed by atoms with Gasteiger partial charge in [0.1, 0.15) is 0 Å². The van der Waals surface area contributed by atoms with Crippen molar-refractivity contribution >= 4 is 8.32 Å². The minimum Gasteiger partial charge on any atom is -0.414 e. The van der Waals surface area contributed by atoms with E-state index in [4.69, 9.17) is 4.43 Å². The molecule has 1 nitrogen and oxygen atoms in total. The molecule has 0 heterocycles. The molecule has 1 unspecified atom stereocenters. The molecule has 0 saturated heterocycles.